The Bertz CT molecular complexity index is 1240. The number of carbonyl (C=O) groups is 3. The molecule has 6 atom stereocenters. The highest BCUT2D eigenvalue weighted by Gasteiger charge is 2.53. The van der Waals surface area contributed by atoms with E-state index in [0.717, 1.165) is 43.4 Å². The van der Waals surface area contributed by atoms with E-state index in [-0.39, 0.29) is 25.5 Å². The highest BCUT2D eigenvalue weighted by atomic mass is 16.6. The molecule has 0 aliphatic carbocycles. The van der Waals surface area contributed by atoms with Crippen molar-refractivity contribution >= 4 is 17.9 Å². The van der Waals surface area contributed by atoms with E-state index in [2.05, 4.69) is 13.8 Å². The van der Waals surface area contributed by atoms with Crippen LogP contribution >= 0.6 is 0 Å². The normalized spacial score (nSPS) is 19.6. The van der Waals surface area contributed by atoms with Gasteiger partial charge in [0.25, 0.3) is 0 Å². The molecule has 5 N–H and O–H groups in total. The molecule has 1 aliphatic heterocycles. The molecule has 0 spiro atoms. The second-order valence-electron chi connectivity index (χ2n) is 17.4. The summed E-state index contributed by atoms with van der Waals surface area (Å²) in [5.41, 5.74) is 6.74. The third-order valence-electron chi connectivity index (χ3n) is 12.1. The Morgan fingerprint density at radius 3 is 1.53 bits per heavy atom. The number of nitrogens with zero attached hydrogens (tertiary/aromatic N) is 2. The molecule has 0 radical (unpaired) electrons. The van der Waals surface area contributed by atoms with Gasteiger partial charge in [0, 0.05) is 13.0 Å². The highest BCUT2D eigenvalue weighted by Crippen LogP contribution is 2.30. The predicted octanol–water partition coefficient (Wildman–Crippen LogP) is 10.1. The van der Waals surface area contributed by atoms with E-state index in [4.69, 9.17) is 15.2 Å². The number of carbonyl (C=O) groups excluding carboxylic acids is 3. The van der Waals surface area contributed by atoms with Gasteiger partial charge in [0.05, 0.1) is 12.6 Å². The summed E-state index contributed by atoms with van der Waals surface area (Å²) in [7, 11) is 0. The van der Waals surface area contributed by atoms with Crippen LogP contribution in [-0.2, 0) is 25.7 Å². The fraction of sp³-hybridized carbons (Fsp3) is 0.816. The van der Waals surface area contributed by atoms with Crippen molar-refractivity contribution in [2.75, 3.05) is 13.2 Å². The molecule has 0 saturated carbocycles. The number of nitrogens with two attached hydrogens (primary N) is 1. The van der Waals surface area contributed by atoms with Crippen molar-refractivity contribution in [3.05, 3.63) is 35.9 Å². The van der Waals surface area contributed by atoms with Crippen LogP contribution < -0.4 is 5.73 Å². The summed E-state index contributed by atoms with van der Waals surface area (Å²) in [6, 6.07) is 6.27. The molecule has 0 bridgehead atoms. The molecule has 1 aliphatic rings. The van der Waals surface area contributed by atoms with Crippen molar-refractivity contribution in [3.63, 3.8) is 0 Å². The first kappa shape index (κ1) is 53.6. The Hall–Kier alpha value is -2.57. The maximum atomic E-state index is 14.2. The molecule has 0 unspecified atom stereocenters. The Labute approximate surface area is 364 Å². The fourth-order valence-electron chi connectivity index (χ4n) is 8.29. The van der Waals surface area contributed by atoms with Gasteiger partial charge in [0.1, 0.15) is 31.0 Å². The molecule has 2 rings (SSSR count). The van der Waals surface area contributed by atoms with Gasteiger partial charge in [-0.05, 0) is 25.3 Å². The zero-order chi connectivity index (χ0) is 43.8. The number of hydrogen-bond donors (Lipinski definition) is 4. The van der Waals surface area contributed by atoms with Crippen molar-refractivity contribution in [3.8, 4) is 0 Å². The molecular weight excluding hydrogens is 759 g/mol. The van der Waals surface area contributed by atoms with E-state index in [1.807, 2.05) is 6.07 Å². The average molecular weight is 846 g/mol. The second-order valence-corrected chi connectivity index (χ2v) is 17.4. The summed E-state index contributed by atoms with van der Waals surface area (Å²) in [5, 5.41) is 32.9. The van der Waals surface area contributed by atoms with Crippen LogP contribution in [0.2, 0.25) is 0 Å². The number of hydrogen-bond acceptors (Lipinski definition) is 9. The van der Waals surface area contributed by atoms with Crippen molar-refractivity contribution in [1.29, 1.82) is 0 Å². The van der Waals surface area contributed by atoms with Crippen LogP contribution in [0.4, 0.5) is 4.79 Å². The topological polar surface area (TPSA) is 163 Å². The average Bonchev–Trinajstić information content (AvgIpc) is 3.25. The van der Waals surface area contributed by atoms with Crippen LogP contribution in [0.1, 0.15) is 206 Å². The van der Waals surface area contributed by atoms with Crippen LogP contribution in [0.15, 0.2) is 30.3 Å². The molecule has 1 fully saturated rings. The molecule has 3 amide bonds. The quantitative estimate of drug-likeness (QED) is 0.0487. The maximum Gasteiger partial charge on any atom is 0.417 e. The minimum absolute atomic E-state index is 0.154. The molecule has 11 nitrogen and oxygen atoms in total. The summed E-state index contributed by atoms with van der Waals surface area (Å²) < 4.78 is 11.8. The monoisotopic (exact) mass is 846 g/mol. The maximum absolute atomic E-state index is 14.2. The number of ether oxygens (including phenoxy) is 2. The number of amides is 3. The standard InChI is InChI=1S/C49H87N3O8/c1-4-6-8-10-12-14-16-17-18-19-20-22-24-26-28-33-37-51(43(54)36-32-27-25-23-21-15-13-11-9-7-5-2)48-44(46(56)45(55)42(38-53)60-48)52(47(57)40(3)50)49(58)59-39-41-34-30-29-31-35-41/h29-31,34-35,40,42,44-46,48,53,55-56H,4-28,32-33,36-39,50H2,1-3H3/t40-,42-,44-,45-,46-,48-/m1/s1. The Kier molecular flexibility index (Phi) is 30.3. The van der Waals surface area contributed by atoms with Gasteiger partial charge in [-0.15, -0.1) is 0 Å². The SMILES string of the molecule is CCCCCCCCCCCCCCCCCCN(C(=O)CCCCCCCCCCCCC)[C@@H]1O[C@H](CO)[C@@H](O)[C@H](O)[C@H]1N(C(=O)OCc1ccccc1)C(=O)[C@@H](C)N. The number of aliphatic hydroxyl groups excluding tert-OH is 3. The number of unbranched alkanes of at least 4 members (excludes halogenated alkanes) is 25. The smallest absolute Gasteiger partial charge is 0.417 e. The van der Waals surface area contributed by atoms with Crippen molar-refractivity contribution < 1.29 is 39.2 Å². The van der Waals surface area contributed by atoms with Crippen LogP contribution in [0.5, 0.6) is 0 Å². The third-order valence-corrected chi connectivity index (χ3v) is 12.1. The van der Waals surface area contributed by atoms with Gasteiger partial charge >= 0.3 is 6.09 Å². The van der Waals surface area contributed by atoms with Crippen LogP contribution in [0.25, 0.3) is 0 Å². The zero-order valence-corrected chi connectivity index (χ0v) is 38.1. The van der Waals surface area contributed by atoms with Gasteiger partial charge in [-0.1, -0.05) is 205 Å². The van der Waals surface area contributed by atoms with Crippen LogP contribution in [-0.4, -0.2) is 92.8 Å². The second kappa shape index (κ2) is 34.0. The first-order valence-electron chi connectivity index (χ1n) is 24.4. The summed E-state index contributed by atoms with van der Waals surface area (Å²) in [4.78, 5) is 44.0. The van der Waals surface area contributed by atoms with E-state index in [1.54, 1.807) is 24.3 Å². The Balaban J connectivity index is 2.10. The number of rotatable bonds is 35. The summed E-state index contributed by atoms with van der Waals surface area (Å²) in [5.74, 6) is -1.08. The van der Waals surface area contributed by atoms with E-state index in [1.165, 1.54) is 134 Å². The van der Waals surface area contributed by atoms with Gasteiger partial charge in [-0.2, -0.15) is 0 Å². The third kappa shape index (κ3) is 21.5. The zero-order valence-electron chi connectivity index (χ0n) is 38.1. The molecule has 346 valence electrons. The molecule has 0 aromatic heterocycles. The first-order valence-corrected chi connectivity index (χ1v) is 24.4. The van der Waals surface area contributed by atoms with Crippen molar-refractivity contribution in [2.24, 2.45) is 5.73 Å². The molecule has 60 heavy (non-hydrogen) atoms. The minimum Gasteiger partial charge on any atom is -0.444 e. The Morgan fingerprint density at radius 2 is 1.10 bits per heavy atom. The van der Waals surface area contributed by atoms with Crippen molar-refractivity contribution in [2.45, 2.75) is 244 Å². The summed E-state index contributed by atoms with van der Waals surface area (Å²) in [6.45, 7) is 5.38. The van der Waals surface area contributed by atoms with E-state index in [9.17, 15) is 29.7 Å². The predicted molar refractivity (Wildman–Crippen MR) is 241 cm³/mol. The highest BCUT2D eigenvalue weighted by molar-refractivity contribution is 5.95. The lowest BCUT2D eigenvalue weighted by Gasteiger charge is -2.49. The minimum atomic E-state index is -1.75. The fourth-order valence-corrected chi connectivity index (χ4v) is 8.29. The van der Waals surface area contributed by atoms with Gasteiger partial charge in [-0.25, -0.2) is 9.69 Å². The number of imide groups is 1. The van der Waals surface area contributed by atoms with Crippen molar-refractivity contribution in [1.82, 2.24) is 9.80 Å². The van der Waals surface area contributed by atoms with Gasteiger partial charge in [0.2, 0.25) is 11.8 Å². The molecule has 11 heteroatoms. The number of aliphatic hydroxyl groups is 3. The van der Waals surface area contributed by atoms with Gasteiger partial charge in [0.15, 0.2) is 6.23 Å². The first-order chi connectivity index (χ1) is 29.2. The summed E-state index contributed by atoms with van der Waals surface area (Å²) >= 11 is 0. The van der Waals surface area contributed by atoms with Gasteiger partial charge in [-0.3, -0.25) is 9.59 Å². The largest absolute Gasteiger partial charge is 0.444 e. The molecule has 1 heterocycles. The lowest BCUT2D eigenvalue weighted by molar-refractivity contribution is -0.244. The van der Waals surface area contributed by atoms with Crippen LogP contribution in [0.3, 0.4) is 0 Å². The molecule has 1 saturated heterocycles. The van der Waals surface area contributed by atoms with Crippen LogP contribution in [0, 0.1) is 0 Å². The van der Waals surface area contributed by atoms with E-state index >= 15 is 0 Å². The lowest BCUT2D eigenvalue weighted by Crippen LogP contribution is -2.71. The van der Waals surface area contributed by atoms with E-state index in [0.29, 0.717) is 18.4 Å². The molecule has 1 aromatic carbocycles. The molecule has 1 aromatic rings. The lowest BCUT2D eigenvalue weighted by atomic mass is 9.93. The van der Waals surface area contributed by atoms with Gasteiger partial charge < -0.3 is 35.4 Å². The molecular formula is C49H87N3O8. The summed E-state index contributed by atoms with van der Waals surface area (Å²) in [6.07, 6.45) is 25.1. The van der Waals surface area contributed by atoms with E-state index < -0.39 is 55.2 Å². The Morgan fingerprint density at radius 1 is 0.667 bits per heavy atom. The number of benzene rings is 1.